The highest BCUT2D eigenvalue weighted by atomic mass is 16.4. The number of carbonyl (C=O) groups is 1. The Bertz CT molecular complexity index is 660. The quantitative estimate of drug-likeness (QED) is 0.903. The van der Waals surface area contributed by atoms with Gasteiger partial charge in [0.25, 0.3) is 0 Å². The van der Waals surface area contributed by atoms with Gasteiger partial charge in [-0.25, -0.2) is 4.79 Å². The van der Waals surface area contributed by atoms with Gasteiger partial charge in [0.05, 0.1) is 11.1 Å². The number of aromatic nitrogens is 1. The summed E-state index contributed by atoms with van der Waals surface area (Å²) in [5.74, 6) is -0.850. The van der Waals surface area contributed by atoms with Gasteiger partial charge < -0.3 is 9.67 Å². The number of nitrogens with zero attached hydrogens (tertiary/aromatic N) is 1. The predicted octanol–water partition coefficient (Wildman–Crippen LogP) is 4.36. The summed E-state index contributed by atoms with van der Waals surface area (Å²) >= 11 is 0. The molecular formula is C17H23NO2. The molecule has 2 rings (SSSR count). The molecule has 0 atom stereocenters. The van der Waals surface area contributed by atoms with Crippen molar-refractivity contribution in [3.63, 3.8) is 0 Å². The van der Waals surface area contributed by atoms with Crippen molar-refractivity contribution in [1.82, 2.24) is 4.57 Å². The third-order valence-electron chi connectivity index (χ3n) is 3.73. The maximum Gasteiger partial charge on any atom is 0.337 e. The van der Waals surface area contributed by atoms with Crippen LogP contribution in [0.15, 0.2) is 18.3 Å². The highest BCUT2D eigenvalue weighted by Crippen LogP contribution is 2.32. The molecule has 0 amide bonds. The molecule has 0 aliphatic rings. The monoisotopic (exact) mass is 273 g/mol. The van der Waals surface area contributed by atoms with Crippen molar-refractivity contribution in [2.24, 2.45) is 0 Å². The maximum absolute atomic E-state index is 11.6. The Balaban J connectivity index is 2.84. The molecule has 1 heterocycles. The second-order valence-electron chi connectivity index (χ2n) is 6.48. The van der Waals surface area contributed by atoms with E-state index in [2.05, 4.69) is 44.5 Å². The fourth-order valence-corrected chi connectivity index (χ4v) is 2.63. The zero-order chi connectivity index (χ0) is 15.1. The Morgan fingerprint density at radius 3 is 2.45 bits per heavy atom. The van der Waals surface area contributed by atoms with Crippen LogP contribution in [0.25, 0.3) is 10.9 Å². The van der Waals surface area contributed by atoms with Crippen LogP contribution in [-0.4, -0.2) is 15.6 Å². The van der Waals surface area contributed by atoms with E-state index >= 15 is 0 Å². The van der Waals surface area contributed by atoms with E-state index in [1.54, 1.807) is 0 Å². The van der Waals surface area contributed by atoms with Crippen LogP contribution in [0.5, 0.6) is 0 Å². The van der Waals surface area contributed by atoms with Crippen LogP contribution in [0.4, 0.5) is 0 Å². The summed E-state index contributed by atoms with van der Waals surface area (Å²) in [7, 11) is 0. The topological polar surface area (TPSA) is 42.2 Å². The molecule has 0 fully saturated rings. The number of hydrogen-bond donors (Lipinski definition) is 1. The van der Waals surface area contributed by atoms with Crippen molar-refractivity contribution in [3.8, 4) is 0 Å². The van der Waals surface area contributed by atoms with Gasteiger partial charge in [-0.1, -0.05) is 27.7 Å². The van der Waals surface area contributed by atoms with E-state index in [1.165, 1.54) is 0 Å². The van der Waals surface area contributed by atoms with E-state index in [4.69, 9.17) is 0 Å². The lowest BCUT2D eigenvalue weighted by molar-refractivity contribution is 0.0698. The lowest BCUT2D eigenvalue weighted by Gasteiger charge is -2.20. The van der Waals surface area contributed by atoms with E-state index in [9.17, 15) is 9.90 Å². The molecule has 0 spiro atoms. The minimum Gasteiger partial charge on any atom is -0.478 e. The summed E-state index contributed by atoms with van der Waals surface area (Å²) in [4.78, 5) is 11.6. The van der Waals surface area contributed by atoms with Crippen LogP contribution in [0.3, 0.4) is 0 Å². The van der Waals surface area contributed by atoms with E-state index < -0.39 is 5.97 Å². The first-order valence-electron chi connectivity index (χ1n) is 7.13. The van der Waals surface area contributed by atoms with Crippen molar-refractivity contribution in [2.45, 2.75) is 53.0 Å². The smallest absolute Gasteiger partial charge is 0.337 e. The van der Waals surface area contributed by atoms with Crippen molar-refractivity contribution < 1.29 is 9.90 Å². The van der Waals surface area contributed by atoms with Crippen molar-refractivity contribution in [3.05, 3.63) is 35.0 Å². The third kappa shape index (κ3) is 2.45. The molecule has 0 unspecified atom stereocenters. The average Bonchev–Trinajstić information content (AvgIpc) is 2.65. The highest BCUT2D eigenvalue weighted by molar-refractivity contribution is 6.04. The number of aryl methyl sites for hydroxylation is 2. The van der Waals surface area contributed by atoms with E-state index in [-0.39, 0.29) is 5.41 Å². The maximum atomic E-state index is 11.6. The van der Waals surface area contributed by atoms with Crippen LogP contribution in [0, 0.1) is 6.92 Å². The number of carboxylic acid groups (broad SMARTS) is 1. The van der Waals surface area contributed by atoms with Crippen molar-refractivity contribution >= 4 is 16.9 Å². The van der Waals surface area contributed by atoms with Gasteiger partial charge in [-0.15, -0.1) is 0 Å². The molecule has 0 radical (unpaired) electrons. The summed E-state index contributed by atoms with van der Waals surface area (Å²) < 4.78 is 2.07. The Morgan fingerprint density at radius 2 is 1.95 bits per heavy atom. The predicted molar refractivity (Wildman–Crippen MR) is 82.6 cm³/mol. The molecule has 20 heavy (non-hydrogen) atoms. The third-order valence-corrected chi connectivity index (χ3v) is 3.73. The van der Waals surface area contributed by atoms with E-state index in [0.717, 1.165) is 35.0 Å². The highest BCUT2D eigenvalue weighted by Gasteiger charge is 2.21. The molecule has 0 aliphatic carbocycles. The summed E-state index contributed by atoms with van der Waals surface area (Å²) in [5, 5.41) is 10.6. The molecule has 0 saturated carbocycles. The van der Waals surface area contributed by atoms with Crippen LogP contribution < -0.4 is 0 Å². The molecule has 0 saturated heterocycles. The van der Waals surface area contributed by atoms with Crippen molar-refractivity contribution in [1.29, 1.82) is 0 Å². The Kier molecular flexibility index (Phi) is 3.63. The zero-order valence-electron chi connectivity index (χ0n) is 12.9. The molecule has 108 valence electrons. The first-order chi connectivity index (χ1) is 9.25. The second-order valence-corrected chi connectivity index (χ2v) is 6.48. The minimum absolute atomic E-state index is 0.0579. The van der Waals surface area contributed by atoms with Crippen LogP contribution in [-0.2, 0) is 12.0 Å². The summed E-state index contributed by atoms with van der Waals surface area (Å²) in [6.07, 6.45) is 3.05. The van der Waals surface area contributed by atoms with Crippen LogP contribution >= 0.6 is 0 Å². The lowest BCUT2D eigenvalue weighted by atomic mass is 9.85. The molecule has 3 heteroatoms. The Labute approximate surface area is 120 Å². The lowest BCUT2D eigenvalue weighted by Crippen LogP contribution is -2.13. The summed E-state index contributed by atoms with van der Waals surface area (Å²) in [6, 6.07) is 3.97. The largest absolute Gasteiger partial charge is 0.478 e. The Hall–Kier alpha value is -1.77. The molecule has 1 N–H and O–H groups in total. The molecule has 1 aromatic carbocycles. The second kappa shape index (κ2) is 4.97. The van der Waals surface area contributed by atoms with Gasteiger partial charge in [0, 0.05) is 18.1 Å². The van der Waals surface area contributed by atoms with Crippen LogP contribution in [0.1, 0.15) is 55.6 Å². The fraction of sp³-hybridized carbons (Fsp3) is 0.471. The van der Waals surface area contributed by atoms with Gasteiger partial charge in [0.1, 0.15) is 0 Å². The van der Waals surface area contributed by atoms with Gasteiger partial charge in [0.2, 0.25) is 0 Å². The number of benzene rings is 1. The Morgan fingerprint density at radius 1 is 1.30 bits per heavy atom. The number of carboxylic acids is 1. The minimum atomic E-state index is -0.850. The summed E-state index contributed by atoms with van der Waals surface area (Å²) in [5.41, 5.74) is 3.41. The fourth-order valence-electron chi connectivity index (χ4n) is 2.63. The first-order valence-corrected chi connectivity index (χ1v) is 7.13. The van der Waals surface area contributed by atoms with Gasteiger partial charge in [-0.2, -0.15) is 0 Å². The number of rotatable bonds is 3. The number of aromatic carboxylic acids is 1. The van der Waals surface area contributed by atoms with Crippen LogP contribution in [0.2, 0.25) is 0 Å². The SMILES string of the molecule is CCCn1cc(C)c2cc(C(C)(C)C)cc(C(=O)O)c21. The number of fused-ring (bicyclic) bond motifs is 1. The van der Waals surface area contributed by atoms with E-state index in [1.807, 2.05) is 13.0 Å². The zero-order valence-corrected chi connectivity index (χ0v) is 12.9. The normalized spacial score (nSPS) is 12.1. The molecule has 2 aromatic rings. The van der Waals surface area contributed by atoms with Gasteiger partial charge in [-0.3, -0.25) is 0 Å². The van der Waals surface area contributed by atoms with E-state index in [0.29, 0.717) is 5.56 Å². The van der Waals surface area contributed by atoms with Crippen molar-refractivity contribution in [2.75, 3.05) is 0 Å². The van der Waals surface area contributed by atoms with Gasteiger partial charge >= 0.3 is 5.97 Å². The molecule has 3 nitrogen and oxygen atoms in total. The molecule has 0 aliphatic heterocycles. The summed E-state index contributed by atoms with van der Waals surface area (Å²) in [6.45, 7) is 11.3. The number of hydrogen-bond acceptors (Lipinski definition) is 1. The van der Waals surface area contributed by atoms with Gasteiger partial charge in [0.15, 0.2) is 0 Å². The molecular weight excluding hydrogens is 250 g/mol. The van der Waals surface area contributed by atoms with Gasteiger partial charge in [-0.05, 0) is 42.0 Å². The molecule has 0 bridgehead atoms. The first kappa shape index (κ1) is 14.6. The standard InChI is InChI=1S/C17H23NO2/c1-6-7-18-10-11(2)13-8-12(17(3,4)5)9-14(15(13)18)16(19)20/h8-10H,6-7H2,1-5H3,(H,19,20). The average molecular weight is 273 g/mol. The molecule has 1 aromatic heterocycles.